The van der Waals surface area contributed by atoms with Crippen LogP contribution in [0.15, 0.2) is 51.8 Å². The molecule has 0 amide bonds. The van der Waals surface area contributed by atoms with E-state index in [1.807, 2.05) is 24.3 Å². The molecule has 0 unspecified atom stereocenters. The molecule has 92 valence electrons. The fraction of sp³-hybridized carbons (Fsp3) is 0.133. The van der Waals surface area contributed by atoms with Crippen LogP contribution in [0.1, 0.15) is 5.56 Å². The van der Waals surface area contributed by atoms with Crippen molar-refractivity contribution in [2.75, 3.05) is 18.2 Å². The van der Waals surface area contributed by atoms with Gasteiger partial charge in [0.05, 0.1) is 5.71 Å². The van der Waals surface area contributed by atoms with Gasteiger partial charge in [0, 0.05) is 15.5 Å². The lowest BCUT2D eigenvalue weighted by Crippen LogP contribution is -2.12. The van der Waals surface area contributed by atoms with Crippen molar-refractivity contribution in [3.8, 4) is 0 Å². The smallest absolute Gasteiger partial charge is 0.0550 e. The molecule has 0 radical (unpaired) electrons. The molecule has 0 atom stereocenters. The van der Waals surface area contributed by atoms with Gasteiger partial charge in [-0.25, -0.2) is 0 Å². The molecule has 3 rings (SSSR count). The predicted molar refractivity (Wildman–Crippen MR) is 81.5 cm³/mol. The molecule has 1 heterocycles. The molecule has 0 bridgehead atoms. The van der Waals surface area contributed by atoms with Gasteiger partial charge in [-0.15, -0.1) is 0 Å². The van der Waals surface area contributed by atoms with Crippen molar-refractivity contribution in [3.63, 3.8) is 0 Å². The third kappa shape index (κ3) is 1.55. The normalized spacial score (nSPS) is 21.6. The SMILES string of the molecule is CS1(C)C2=CC(=N)C=CC2=Cc2ccc(N)cc21. The van der Waals surface area contributed by atoms with E-state index >= 15 is 0 Å². The Kier molecular flexibility index (Phi) is 2.29. The van der Waals surface area contributed by atoms with E-state index in [1.54, 1.807) is 0 Å². The van der Waals surface area contributed by atoms with Crippen LogP contribution < -0.4 is 5.73 Å². The number of allylic oxidation sites excluding steroid dienone is 4. The maximum atomic E-state index is 7.81. The lowest BCUT2D eigenvalue weighted by atomic mass is 10.0. The van der Waals surface area contributed by atoms with Gasteiger partial charge in [-0.3, -0.25) is 0 Å². The summed E-state index contributed by atoms with van der Waals surface area (Å²) in [5.41, 5.74) is 9.81. The summed E-state index contributed by atoms with van der Waals surface area (Å²) in [7, 11) is -1.08. The number of hydrogen-bond donors (Lipinski definition) is 2. The van der Waals surface area contributed by atoms with Crippen molar-refractivity contribution in [2.24, 2.45) is 0 Å². The topological polar surface area (TPSA) is 49.9 Å². The third-order valence-electron chi connectivity index (χ3n) is 3.46. The van der Waals surface area contributed by atoms with Crippen LogP contribution in [-0.2, 0) is 0 Å². The van der Waals surface area contributed by atoms with Crippen molar-refractivity contribution in [2.45, 2.75) is 4.90 Å². The Morgan fingerprint density at radius 2 is 1.89 bits per heavy atom. The first-order valence-corrected chi connectivity index (χ1v) is 8.27. The van der Waals surface area contributed by atoms with E-state index in [-0.39, 0.29) is 0 Å². The molecule has 1 aliphatic carbocycles. The van der Waals surface area contributed by atoms with Gasteiger partial charge in [0.25, 0.3) is 0 Å². The molecule has 2 nitrogen and oxygen atoms in total. The monoisotopic (exact) mass is 256 g/mol. The minimum atomic E-state index is -1.08. The highest BCUT2D eigenvalue weighted by molar-refractivity contribution is 8.36. The molecule has 0 aromatic heterocycles. The largest absolute Gasteiger partial charge is 0.399 e. The van der Waals surface area contributed by atoms with E-state index in [0.717, 1.165) is 5.69 Å². The fourth-order valence-electron chi connectivity index (χ4n) is 2.49. The minimum absolute atomic E-state index is 0.579. The minimum Gasteiger partial charge on any atom is -0.399 e. The summed E-state index contributed by atoms with van der Waals surface area (Å²) in [6, 6.07) is 6.13. The first-order chi connectivity index (χ1) is 8.48. The van der Waals surface area contributed by atoms with Gasteiger partial charge < -0.3 is 11.1 Å². The summed E-state index contributed by atoms with van der Waals surface area (Å²) in [4.78, 5) is 2.61. The number of rotatable bonds is 0. The van der Waals surface area contributed by atoms with E-state index in [4.69, 9.17) is 11.1 Å². The van der Waals surface area contributed by atoms with E-state index in [9.17, 15) is 0 Å². The molecule has 0 saturated carbocycles. The van der Waals surface area contributed by atoms with Gasteiger partial charge in [-0.2, -0.15) is 10.0 Å². The highest BCUT2D eigenvalue weighted by Gasteiger charge is 2.29. The van der Waals surface area contributed by atoms with Crippen molar-refractivity contribution in [1.29, 1.82) is 5.41 Å². The summed E-state index contributed by atoms with van der Waals surface area (Å²) in [5.74, 6) is 0. The van der Waals surface area contributed by atoms with Crippen LogP contribution in [0.5, 0.6) is 0 Å². The van der Waals surface area contributed by atoms with Gasteiger partial charge in [-0.05, 0) is 54.0 Å². The Hall–Kier alpha value is -1.74. The summed E-state index contributed by atoms with van der Waals surface area (Å²) in [6.45, 7) is 0. The van der Waals surface area contributed by atoms with Crippen LogP contribution in [0.2, 0.25) is 0 Å². The summed E-state index contributed by atoms with van der Waals surface area (Å²) in [6.07, 6.45) is 12.6. The number of anilines is 1. The van der Waals surface area contributed by atoms with Crippen LogP contribution in [0.4, 0.5) is 5.69 Å². The first-order valence-electron chi connectivity index (χ1n) is 5.82. The average molecular weight is 256 g/mol. The van der Waals surface area contributed by atoms with E-state index < -0.39 is 10.0 Å². The Labute approximate surface area is 109 Å². The molecular weight excluding hydrogens is 240 g/mol. The zero-order valence-electron chi connectivity index (χ0n) is 10.5. The van der Waals surface area contributed by atoms with Gasteiger partial charge in [0.1, 0.15) is 0 Å². The summed E-state index contributed by atoms with van der Waals surface area (Å²) >= 11 is 0. The molecule has 0 fully saturated rings. The molecule has 1 aliphatic heterocycles. The van der Waals surface area contributed by atoms with Crippen molar-refractivity contribution in [1.82, 2.24) is 0 Å². The third-order valence-corrected chi connectivity index (χ3v) is 6.37. The predicted octanol–water partition coefficient (Wildman–Crippen LogP) is 3.56. The molecule has 1 aromatic carbocycles. The molecule has 0 saturated heterocycles. The zero-order valence-corrected chi connectivity index (χ0v) is 11.3. The van der Waals surface area contributed by atoms with Crippen molar-refractivity contribution < 1.29 is 0 Å². The number of nitrogens with one attached hydrogen (secondary N) is 1. The second kappa shape index (κ2) is 3.62. The van der Waals surface area contributed by atoms with E-state index in [0.29, 0.717) is 5.71 Å². The quantitative estimate of drug-likeness (QED) is 0.685. The lowest BCUT2D eigenvalue weighted by molar-refractivity contribution is 1.37. The van der Waals surface area contributed by atoms with Crippen molar-refractivity contribution in [3.05, 3.63) is 52.5 Å². The molecule has 1 aromatic rings. The Morgan fingerprint density at radius 1 is 1.11 bits per heavy atom. The number of hydrogen-bond acceptors (Lipinski definition) is 2. The zero-order chi connectivity index (χ0) is 12.9. The maximum Gasteiger partial charge on any atom is 0.0550 e. The van der Waals surface area contributed by atoms with E-state index in [2.05, 4.69) is 30.7 Å². The molecule has 2 aliphatic rings. The van der Waals surface area contributed by atoms with E-state index in [1.165, 1.54) is 20.9 Å². The van der Waals surface area contributed by atoms with Crippen LogP contribution in [0.3, 0.4) is 0 Å². The Morgan fingerprint density at radius 3 is 2.67 bits per heavy atom. The van der Waals surface area contributed by atoms with Crippen LogP contribution in [0, 0.1) is 5.41 Å². The average Bonchev–Trinajstić information content (AvgIpc) is 2.32. The van der Waals surface area contributed by atoms with Crippen LogP contribution in [-0.4, -0.2) is 18.2 Å². The van der Waals surface area contributed by atoms with Crippen LogP contribution in [0.25, 0.3) is 6.08 Å². The highest BCUT2D eigenvalue weighted by Crippen LogP contribution is 2.63. The maximum absolute atomic E-state index is 7.81. The lowest BCUT2D eigenvalue weighted by Gasteiger charge is -2.40. The molecule has 0 spiro atoms. The second-order valence-electron chi connectivity index (χ2n) is 5.02. The Bertz CT molecular complexity index is 648. The Balaban J connectivity index is 2.30. The van der Waals surface area contributed by atoms with Gasteiger partial charge in [0.15, 0.2) is 0 Å². The summed E-state index contributed by atoms with van der Waals surface area (Å²) < 4.78 is 0. The number of nitrogen functional groups attached to an aromatic ring is 1. The molecule has 3 heteroatoms. The highest BCUT2D eigenvalue weighted by atomic mass is 32.3. The van der Waals surface area contributed by atoms with Crippen molar-refractivity contribution >= 4 is 27.5 Å². The summed E-state index contributed by atoms with van der Waals surface area (Å²) in [5, 5.41) is 7.81. The number of benzene rings is 1. The van der Waals surface area contributed by atoms with Gasteiger partial charge >= 0.3 is 0 Å². The fourth-order valence-corrected chi connectivity index (χ4v) is 5.02. The van der Waals surface area contributed by atoms with Gasteiger partial charge in [-0.1, -0.05) is 12.1 Å². The second-order valence-corrected chi connectivity index (χ2v) is 8.55. The van der Waals surface area contributed by atoms with Crippen LogP contribution >= 0.6 is 10.0 Å². The molecular formula is C15H16N2S. The van der Waals surface area contributed by atoms with Gasteiger partial charge in [0.2, 0.25) is 0 Å². The number of fused-ring (bicyclic) bond motifs is 2. The first kappa shape index (κ1) is 11.4. The molecule has 3 N–H and O–H groups in total. The number of nitrogens with two attached hydrogens (primary N) is 1. The standard InChI is InChI=1S/C15H16N2S/c1-18(2)14-8-12(16)5-3-10(14)7-11-4-6-13(17)9-15(11)18/h3-9,16H,17H2,1-2H3. The molecule has 18 heavy (non-hydrogen) atoms.